The molecule has 0 unspecified atom stereocenters. The first-order valence-corrected chi connectivity index (χ1v) is 10.2. The van der Waals surface area contributed by atoms with E-state index < -0.39 is 0 Å². The third-order valence-corrected chi connectivity index (χ3v) is 6.01. The number of piperidine rings is 2. The van der Waals surface area contributed by atoms with Gasteiger partial charge in [-0.2, -0.15) is 0 Å². The number of carbonyl (C=O) groups excluding carboxylic acids is 1. The molecule has 3 rings (SSSR count). The quantitative estimate of drug-likeness (QED) is 0.665. The second-order valence-electron chi connectivity index (χ2n) is 7.88. The van der Waals surface area contributed by atoms with Crippen LogP contribution in [-0.2, 0) is 4.74 Å². The van der Waals surface area contributed by atoms with Crippen LogP contribution in [0.4, 0.5) is 0 Å². The van der Waals surface area contributed by atoms with Crippen molar-refractivity contribution < 1.29 is 9.53 Å². The summed E-state index contributed by atoms with van der Waals surface area (Å²) >= 11 is 0. The van der Waals surface area contributed by atoms with Gasteiger partial charge in [-0.25, -0.2) is 4.79 Å². The summed E-state index contributed by atoms with van der Waals surface area (Å²) in [5.41, 5.74) is 0.663. The maximum Gasteiger partial charge on any atom is 0.338 e. The highest BCUT2D eigenvalue weighted by atomic mass is 16.5. The molecule has 3 nitrogen and oxygen atoms in total. The lowest BCUT2D eigenvalue weighted by molar-refractivity contribution is -0.0219. The molecule has 2 fully saturated rings. The maximum absolute atomic E-state index is 12.5. The van der Waals surface area contributed by atoms with Gasteiger partial charge in [0.1, 0.15) is 6.10 Å². The molecule has 25 heavy (non-hydrogen) atoms. The van der Waals surface area contributed by atoms with Gasteiger partial charge < -0.3 is 4.74 Å². The molecule has 0 amide bonds. The van der Waals surface area contributed by atoms with Crippen molar-refractivity contribution in [2.75, 3.05) is 0 Å². The predicted molar refractivity (Wildman–Crippen MR) is 102 cm³/mol. The summed E-state index contributed by atoms with van der Waals surface area (Å²) in [6.07, 6.45) is 11.0. The zero-order chi connectivity index (χ0) is 17.6. The molecule has 2 heterocycles. The summed E-state index contributed by atoms with van der Waals surface area (Å²) in [6, 6.07) is 11.4. The molecule has 138 valence electrons. The standard InChI is InChI=1S/C22H33NO2/c1-3-9-21(25-22(24)18-11-5-4-6-12-18)16-20-15-8-14-19-13-7-10-17(2)23(19)20/h4-6,11-12,17,19-21H,3,7-10,13-16H2,1-2H3/t17-,19-,20+,21-/m1/s1. The van der Waals surface area contributed by atoms with Crippen LogP contribution in [0.15, 0.2) is 30.3 Å². The van der Waals surface area contributed by atoms with E-state index in [1.54, 1.807) is 0 Å². The van der Waals surface area contributed by atoms with Crippen molar-refractivity contribution >= 4 is 5.97 Å². The minimum atomic E-state index is -0.168. The zero-order valence-electron chi connectivity index (χ0n) is 15.8. The molecular weight excluding hydrogens is 310 g/mol. The van der Waals surface area contributed by atoms with Gasteiger partial charge in [-0.05, 0) is 57.6 Å². The molecule has 2 aliphatic heterocycles. The van der Waals surface area contributed by atoms with Gasteiger partial charge in [-0.1, -0.05) is 44.4 Å². The summed E-state index contributed by atoms with van der Waals surface area (Å²) < 4.78 is 5.93. The molecule has 0 aromatic heterocycles. The third-order valence-electron chi connectivity index (χ3n) is 6.01. The largest absolute Gasteiger partial charge is 0.459 e. The van der Waals surface area contributed by atoms with Gasteiger partial charge in [0.25, 0.3) is 0 Å². The Labute approximate surface area is 152 Å². The van der Waals surface area contributed by atoms with Crippen molar-refractivity contribution in [3.8, 4) is 0 Å². The van der Waals surface area contributed by atoms with E-state index in [2.05, 4.69) is 18.7 Å². The van der Waals surface area contributed by atoms with Gasteiger partial charge in [0, 0.05) is 18.1 Å². The van der Waals surface area contributed by atoms with Crippen LogP contribution in [0.25, 0.3) is 0 Å². The number of nitrogens with zero attached hydrogens (tertiary/aromatic N) is 1. The Hall–Kier alpha value is -1.35. The molecular formula is C22H33NO2. The van der Waals surface area contributed by atoms with Crippen LogP contribution in [0.5, 0.6) is 0 Å². The monoisotopic (exact) mass is 343 g/mol. The van der Waals surface area contributed by atoms with Crippen molar-refractivity contribution in [2.45, 2.75) is 95.9 Å². The molecule has 0 bridgehead atoms. The maximum atomic E-state index is 12.5. The highest BCUT2D eigenvalue weighted by Gasteiger charge is 2.37. The van der Waals surface area contributed by atoms with Gasteiger partial charge in [0.15, 0.2) is 0 Å². The summed E-state index contributed by atoms with van der Waals surface area (Å²) in [5.74, 6) is -0.168. The fourth-order valence-electron chi connectivity index (χ4n) is 4.88. The van der Waals surface area contributed by atoms with Crippen LogP contribution >= 0.6 is 0 Å². The molecule has 2 saturated heterocycles. The van der Waals surface area contributed by atoms with Crippen molar-refractivity contribution in [3.05, 3.63) is 35.9 Å². The molecule has 1 aromatic carbocycles. The van der Waals surface area contributed by atoms with Gasteiger partial charge in [0.2, 0.25) is 0 Å². The predicted octanol–water partition coefficient (Wildman–Crippen LogP) is 5.20. The molecule has 0 radical (unpaired) electrons. The number of ether oxygens (including phenoxy) is 1. The smallest absolute Gasteiger partial charge is 0.338 e. The van der Waals surface area contributed by atoms with Crippen LogP contribution in [0, 0.1) is 0 Å². The van der Waals surface area contributed by atoms with Crippen LogP contribution in [0.3, 0.4) is 0 Å². The summed E-state index contributed by atoms with van der Waals surface area (Å²) in [5, 5.41) is 0. The SMILES string of the molecule is CCC[C@H](C[C@@H]1CCC[C@H]2CCC[C@@H](C)N21)OC(=O)c1ccccc1. The number of rotatable bonds is 6. The van der Waals surface area contributed by atoms with Crippen molar-refractivity contribution in [1.29, 1.82) is 0 Å². The number of fused-ring (bicyclic) bond motifs is 1. The first-order chi connectivity index (χ1) is 12.2. The van der Waals surface area contributed by atoms with Crippen molar-refractivity contribution in [3.63, 3.8) is 0 Å². The zero-order valence-corrected chi connectivity index (χ0v) is 15.8. The summed E-state index contributed by atoms with van der Waals surface area (Å²) in [7, 11) is 0. The van der Waals surface area contributed by atoms with E-state index in [1.165, 1.54) is 38.5 Å². The lowest BCUT2D eigenvalue weighted by Crippen LogP contribution is -2.54. The summed E-state index contributed by atoms with van der Waals surface area (Å²) in [4.78, 5) is 15.3. The Morgan fingerprint density at radius 3 is 2.60 bits per heavy atom. The van der Waals surface area contributed by atoms with Crippen LogP contribution in [0.2, 0.25) is 0 Å². The molecule has 3 heteroatoms. The number of benzene rings is 1. The van der Waals surface area contributed by atoms with Gasteiger partial charge >= 0.3 is 5.97 Å². The molecule has 4 atom stereocenters. The second kappa shape index (κ2) is 8.84. The number of hydrogen-bond acceptors (Lipinski definition) is 3. The number of esters is 1. The van der Waals surface area contributed by atoms with E-state index in [0.717, 1.165) is 25.3 Å². The van der Waals surface area contributed by atoms with E-state index in [1.807, 2.05) is 30.3 Å². The normalized spacial score (nSPS) is 28.2. The average molecular weight is 344 g/mol. The fraction of sp³-hybridized carbons (Fsp3) is 0.682. The van der Waals surface area contributed by atoms with E-state index in [-0.39, 0.29) is 12.1 Å². The highest BCUT2D eigenvalue weighted by molar-refractivity contribution is 5.89. The fourth-order valence-corrected chi connectivity index (χ4v) is 4.88. The Balaban J connectivity index is 1.65. The topological polar surface area (TPSA) is 29.5 Å². The number of hydrogen-bond donors (Lipinski definition) is 0. The van der Waals surface area contributed by atoms with Gasteiger partial charge in [-0.15, -0.1) is 0 Å². The summed E-state index contributed by atoms with van der Waals surface area (Å²) in [6.45, 7) is 4.56. The first-order valence-electron chi connectivity index (χ1n) is 10.2. The second-order valence-corrected chi connectivity index (χ2v) is 7.88. The van der Waals surface area contributed by atoms with E-state index in [9.17, 15) is 4.79 Å². The molecule has 0 aliphatic carbocycles. The van der Waals surface area contributed by atoms with E-state index in [4.69, 9.17) is 4.74 Å². The number of carbonyl (C=O) groups is 1. The van der Waals surface area contributed by atoms with Crippen molar-refractivity contribution in [2.24, 2.45) is 0 Å². The average Bonchev–Trinajstić information content (AvgIpc) is 2.63. The Morgan fingerprint density at radius 1 is 1.16 bits per heavy atom. The van der Waals surface area contributed by atoms with Crippen LogP contribution in [0.1, 0.15) is 82.0 Å². The minimum Gasteiger partial charge on any atom is -0.459 e. The highest BCUT2D eigenvalue weighted by Crippen LogP contribution is 2.36. The Morgan fingerprint density at radius 2 is 1.88 bits per heavy atom. The molecule has 1 aromatic rings. The lowest BCUT2D eigenvalue weighted by atomic mass is 9.83. The van der Waals surface area contributed by atoms with E-state index in [0.29, 0.717) is 17.6 Å². The third kappa shape index (κ3) is 4.63. The minimum absolute atomic E-state index is 0.0376. The van der Waals surface area contributed by atoms with Gasteiger partial charge in [-0.3, -0.25) is 4.90 Å². The Kier molecular flexibility index (Phi) is 6.52. The molecule has 2 aliphatic rings. The lowest BCUT2D eigenvalue weighted by Gasteiger charge is -2.49. The molecule has 0 spiro atoms. The first kappa shape index (κ1) is 18.4. The van der Waals surface area contributed by atoms with E-state index >= 15 is 0 Å². The van der Waals surface area contributed by atoms with Crippen LogP contribution < -0.4 is 0 Å². The Bertz CT molecular complexity index is 542. The molecule has 0 saturated carbocycles. The molecule has 0 N–H and O–H groups in total. The van der Waals surface area contributed by atoms with Gasteiger partial charge in [0.05, 0.1) is 5.56 Å². The van der Waals surface area contributed by atoms with Crippen molar-refractivity contribution in [1.82, 2.24) is 4.90 Å². The van der Waals surface area contributed by atoms with Crippen LogP contribution in [-0.4, -0.2) is 35.1 Å².